The van der Waals surface area contributed by atoms with Crippen LogP contribution in [0.3, 0.4) is 0 Å². The van der Waals surface area contributed by atoms with E-state index in [0.717, 1.165) is 12.8 Å². The van der Waals surface area contributed by atoms with E-state index in [1.165, 1.54) is 6.07 Å². The molecule has 0 spiro atoms. The van der Waals surface area contributed by atoms with Crippen molar-refractivity contribution in [3.63, 3.8) is 0 Å². The molecule has 0 bridgehead atoms. The van der Waals surface area contributed by atoms with E-state index in [1.807, 2.05) is 0 Å². The number of carbonyl (C=O) groups is 1. The minimum absolute atomic E-state index is 0.0451. The van der Waals surface area contributed by atoms with Gasteiger partial charge in [-0.2, -0.15) is 0 Å². The number of nitrogens with one attached hydrogen (secondary N) is 2. The molecule has 1 fully saturated rings. The lowest BCUT2D eigenvalue weighted by molar-refractivity contribution is -0.122. The summed E-state index contributed by atoms with van der Waals surface area (Å²) in [7, 11) is -3.73. The van der Waals surface area contributed by atoms with E-state index >= 15 is 0 Å². The van der Waals surface area contributed by atoms with Crippen LogP contribution in [0.15, 0.2) is 27.6 Å². The van der Waals surface area contributed by atoms with Crippen molar-refractivity contribution in [2.45, 2.75) is 24.7 Å². The van der Waals surface area contributed by atoms with Crippen LogP contribution in [0.25, 0.3) is 0 Å². The van der Waals surface area contributed by atoms with Crippen LogP contribution in [0.5, 0.6) is 0 Å². The third-order valence-corrected chi connectivity index (χ3v) is 4.58. The topological polar surface area (TPSA) is 75.3 Å². The minimum Gasteiger partial charge on any atom is -0.277 e. The van der Waals surface area contributed by atoms with Crippen LogP contribution in [-0.4, -0.2) is 14.3 Å². The van der Waals surface area contributed by atoms with Crippen molar-refractivity contribution in [1.29, 1.82) is 0 Å². The lowest BCUT2D eigenvalue weighted by atomic mass is 10.2. The van der Waals surface area contributed by atoms with Gasteiger partial charge in [-0.15, -0.1) is 4.83 Å². The zero-order valence-corrected chi connectivity index (χ0v) is 12.1. The molecule has 0 aromatic heterocycles. The van der Waals surface area contributed by atoms with Crippen molar-refractivity contribution in [2.75, 3.05) is 0 Å². The predicted molar refractivity (Wildman–Crippen MR) is 70.1 cm³/mol. The van der Waals surface area contributed by atoms with Gasteiger partial charge >= 0.3 is 0 Å². The summed E-state index contributed by atoms with van der Waals surface area (Å²) < 4.78 is 24.7. The van der Waals surface area contributed by atoms with Gasteiger partial charge in [-0.25, -0.2) is 8.42 Å². The Morgan fingerprint density at radius 1 is 1.39 bits per heavy atom. The number of hydrogen-bond donors (Lipinski definition) is 2. The van der Waals surface area contributed by atoms with E-state index in [4.69, 9.17) is 0 Å². The average Bonchev–Trinajstić information content (AvgIpc) is 3.13. The fraction of sp³-hybridized carbons (Fsp3) is 0.364. The van der Waals surface area contributed by atoms with Gasteiger partial charge in [-0.3, -0.25) is 10.2 Å². The van der Waals surface area contributed by atoms with Gasteiger partial charge in [-0.05, 0) is 37.5 Å². The van der Waals surface area contributed by atoms with E-state index in [9.17, 15) is 13.2 Å². The van der Waals surface area contributed by atoms with Gasteiger partial charge in [0.25, 0.3) is 10.0 Å². The van der Waals surface area contributed by atoms with Crippen LogP contribution in [0.1, 0.15) is 18.4 Å². The molecule has 18 heavy (non-hydrogen) atoms. The summed E-state index contributed by atoms with van der Waals surface area (Å²) in [5.41, 5.74) is 2.85. The molecule has 1 aliphatic carbocycles. The van der Waals surface area contributed by atoms with Gasteiger partial charge in [-0.1, -0.05) is 22.0 Å². The van der Waals surface area contributed by atoms with Crippen molar-refractivity contribution >= 4 is 31.9 Å². The molecule has 1 aromatic carbocycles. The number of amides is 1. The van der Waals surface area contributed by atoms with Gasteiger partial charge in [0.2, 0.25) is 5.91 Å². The molecule has 1 aromatic rings. The Hall–Kier alpha value is -0.920. The number of rotatable bonds is 4. The molecule has 2 rings (SSSR count). The van der Waals surface area contributed by atoms with Crippen molar-refractivity contribution in [2.24, 2.45) is 5.92 Å². The highest BCUT2D eigenvalue weighted by molar-refractivity contribution is 9.10. The van der Waals surface area contributed by atoms with Crippen molar-refractivity contribution in [3.8, 4) is 0 Å². The molecule has 0 radical (unpaired) electrons. The molecular weight excluding hydrogens is 320 g/mol. The van der Waals surface area contributed by atoms with E-state index in [2.05, 4.69) is 26.2 Å². The normalized spacial score (nSPS) is 15.4. The average molecular weight is 333 g/mol. The maximum Gasteiger partial charge on any atom is 0.257 e. The molecule has 1 aliphatic rings. The Bertz CT molecular complexity index is 582. The maximum absolute atomic E-state index is 12.0. The zero-order chi connectivity index (χ0) is 13.3. The van der Waals surface area contributed by atoms with Gasteiger partial charge in [0.1, 0.15) is 0 Å². The molecule has 1 saturated carbocycles. The highest BCUT2D eigenvalue weighted by Crippen LogP contribution is 2.28. The van der Waals surface area contributed by atoms with Crippen molar-refractivity contribution < 1.29 is 13.2 Å². The Morgan fingerprint density at radius 3 is 2.67 bits per heavy atom. The third-order valence-electron chi connectivity index (χ3n) is 2.70. The standard InChI is InChI=1S/C11H13BrN2O3S/c1-7-2-5-9(12)6-10(7)18(16,17)14-13-11(15)8-3-4-8/h2,5-6,8,14H,3-4H2,1H3,(H,13,15). The van der Waals surface area contributed by atoms with Crippen LogP contribution in [0.2, 0.25) is 0 Å². The second kappa shape index (κ2) is 4.99. The molecular formula is C11H13BrN2O3S. The first kappa shape index (κ1) is 13.5. The van der Waals surface area contributed by atoms with Crippen LogP contribution >= 0.6 is 15.9 Å². The van der Waals surface area contributed by atoms with Crippen LogP contribution in [0.4, 0.5) is 0 Å². The Kier molecular flexibility index (Phi) is 3.74. The van der Waals surface area contributed by atoms with E-state index in [0.29, 0.717) is 10.0 Å². The number of sulfonamides is 1. The largest absolute Gasteiger partial charge is 0.277 e. The lowest BCUT2D eigenvalue weighted by Crippen LogP contribution is -2.42. The first-order valence-corrected chi connectivity index (χ1v) is 7.75. The number of hydrazine groups is 1. The Morgan fingerprint density at radius 2 is 2.06 bits per heavy atom. The smallest absolute Gasteiger partial charge is 0.257 e. The first-order chi connectivity index (χ1) is 8.40. The molecule has 2 N–H and O–H groups in total. The fourth-order valence-corrected chi connectivity index (χ4v) is 3.12. The molecule has 0 aliphatic heterocycles. The summed E-state index contributed by atoms with van der Waals surface area (Å²) >= 11 is 3.22. The molecule has 7 heteroatoms. The van der Waals surface area contributed by atoms with Gasteiger partial charge in [0, 0.05) is 10.4 Å². The summed E-state index contributed by atoms with van der Waals surface area (Å²) in [6.45, 7) is 1.70. The molecule has 98 valence electrons. The number of halogens is 1. The molecule has 0 unspecified atom stereocenters. The van der Waals surface area contributed by atoms with Crippen LogP contribution in [-0.2, 0) is 14.8 Å². The second-order valence-electron chi connectivity index (χ2n) is 4.28. The van der Waals surface area contributed by atoms with E-state index < -0.39 is 10.0 Å². The predicted octanol–water partition coefficient (Wildman–Crippen LogP) is 1.48. The van der Waals surface area contributed by atoms with Gasteiger partial charge < -0.3 is 0 Å². The molecule has 1 amide bonds. The summed E-state index contributed by atoms with van der Waals surface area (Å²) in [5.74, 6) is -0.317. The molecule has 5 nitrogen and oxygen atoms in total. The molecule has 0 saturated heterocycles. The number of hydrogen-bond acceptors (Lipinski definition) is 3. The maximum atomic E-state index is 12.0. The molecule has 0 heterocycles. The summed E-state index contributed by atoms with van der Waals surface area (Å²) in [4.78, 5) is 13.7. The van der Waals surface area contributed by atoms with Crippen LogP contribution < -0.4 is 10.3 Å². The Balaban J connectivity index is 2.14. The second-order valence-corrected chi connectivity index (χ2v) is 6.85. The number of benzene rings is 1. The summed E-state index contributed by atoms with van der Waals surface area (Å²) in [6, 6.07) is 4.96. The Labute approximate surface area is 114 Å². The van der Waals surface area contributed by atoms with Gasteiger partial charge in [0.05, 0.1) is 4.90 Å². The highest BCUT2D eigenvalue weighted by Gasteiger charge is 2.30. The van der Waals surface area contributed by atoms with Crippen molar-refractivity contribution in [1.82, 2.24) is 10.3 Å². The zero-order valence-electron chi connectivity index (χ0n) is 9.73. The van der Waals surface area contributed by atoms with Gasteiger partial charge in [0.15, 0.2) is 0 Å². The lowest BCUT2D eigenvalue weighted by Gasteiger charge is -2.10. The fourth-order valence-electron chi connectivity index (χ4n) is 1.48. The third kappa shape index (κ3) is 3.09. The van der Waals surface area contributed by atoms with Crippen molar-refractivity contribution in [3.05, 3.63) is 28.2 Å². The monoisotopic (exact) mass is 332 g/mol. The summed E-state index contributed by atoms with van der Waals surface area (Å²) in [5, 5.41) is 0. The first-order valence-electron chi connectivity index (χ1n) is 5.48. The number of aryl methyl sites for hydroxylation is 1. The number of carbonyl (C=O) groups excluding carboxylic acids is 1. The van der Waals surface area contributed by atoms with E-state index in [-0.39, 0.29) is 16.7 Å². The summed E-state index contributed by atoms with van der Waals surface area (Å²) in [6.07, 6.45) is 1.65. The molecule has 0 atom stereocenters. The van der Waals surface area contributed by atoms with Crippen LogP contribution in [0, 0.1) is 12.8 Å². The highest BCUT2D eigenvalue weighted by atomic mass is 79.9. The quantitative estimate of drug-likeness (QED) is 0.820. The SMILES string of the molecule is Cc1ccc(Br)cc1S(=O)(=O)NNC(=O)C1CC1. The van der Waals surface area contributed by atoms with E-state index in [1.54, 1.807) is 19.1 Å². The minimum atomic E-state index is -3.73.